The van der Waals surface area contributed by atoms with Crippen LogP contribution in [0.2, 0.25) is 0 Å². The normalized spacial score (nSPS) is 15.3. The lowest BCUT2D eigenvalue weighted by Gasteiger charge is -2.35. The Balaban J connectivity index is 1.38. The molecular weight excluding hydrogens is 531 g/mol. The number of fused-ring (bicyclic) bond motifs is 4. The Morgan fingerprint density at radius 3 is 2.55 bits per heavy atom. The second kappa shape index (κ2) is 11.7. The summed E-state index contributed by atoms with van der Waals surface area (Å²) in [5.41, 5.74) is 4.44. The number of hydrogen-bond acceptors (Lipinski definition) is 3. The first kappa shape index (κ1) is 27.5. The third-order valence-corrected chi connectivity index (χ3v) is 8.42. The van der Waals surface area contributed by atoms with Gasteiger partial charge in [0.1, 0.15) is 18.5 Å². The van der Waals surface area contributed by atoms with E-state index in [4.69, 9.17) is 4.74 Å². The third kappa shape index (κ3) is 5.22. The van der Waals surface area contributed by atoms with E-state index >= 15 is 0 Å². The average molecular weight is 565 g/mol. The van der Waals surface area contributed by atoms with Gasteiger partial charge in [0.25, 0.3) is 0 Å². The summed E-state index contributed by atoms with van der Waals surface area (Å²) in [6.07, 6.45) is 1.67. The van der Waals surface area contributed by atoms with E-state index in [1.54, 1.807) is 11.0 Å². The number of rotatable bonds is 8. The fourth-order valence-electron chi connectivity index (χ4n) is 6.39. The van der Waals surface area contributed by atoms with Crippen molar-refractivity contribution >= 4 is 33.7 Å². The van der Waals surface area contributed by atoms with Crippen molar-refractivity contribution < 1.29 is 23.8 Å². The molecule has 2 atom stereocenters. The molecule has 0 bridgehead atoms. The Labute approximate surface area is 243 Å². The quantitative estimate of drug-likeness (QED) is 0.210. The molecule has 1 N–H and O–H groups in total. The number of hydrogen-bond donors (Lipinski definition) is 1. The molecule has 0 fully saturated rings. The van der Waals surface area contributed by atoms with E-state index in [2.05, 4.69) is 18.2 Å². The van der Waals surface area contributed by atoms with E-state index in [0.29, 0.717) is 43.1 Å². The highest BCUT2D eigenvalue weighted by atomic mass is 19.1. The van der Waals surface area contributed by atoms with Gasteiger partial charge in [0.2, 0.25) is 0 Å². The average Bonchev–Trinajstić information content (AvgIpc) is 3.32. The van der Waals surface area contributed by atoms with Gasteiger partial charge in [-0.2, -0.15) is 0 Å². The molecule has 7 heteroatoms. The highest BCUT2D eigenvalue weighted by Gasteiger charge is 2.34. The van der Waals surface area contributed by atoms with Gasteiger partial charge in [-0.3, -0.25) is 0 Å². The van der Waals surface area contributed by atoms with Crippen LogP contribution in [0.4, 0.5) is 9.18 Å². The van der Waals surface area contributed by atoms with Crippen LogP contribution in [-0.4, -0.2) is 32.7 Å². The lowest BCUT2D eigenvalue weighted by Crippen LogP contribution is -2.43. The van der Waals surface area contributed by atoms with E-state index in [-0.39, 0.29) is 18.5 Å². The smallest absolute Gasteiger partial charge is 0.410 e. The zero-order valence-electron chi connectivity index (χ0n) is 23.5. The summed E-state index contributed by atoms with van der Waals surface area (Å²) in [6.45, 7) is 2.36. The van der Waals surface area contributed by atoms with Crippen LogP contribution in [0.5, 0.6) is 0 Å². The lowest BCUT2D eigenvalue weighted by molar-refractivity contribution is -0.140. The summed E-state index contributed by atoms with van der Waals surface area (Å²) >= 11 is 0. The number of halogens is 1. The van der Waals surface area contributed by atoms with Gasteiger partial charge in [0.15, 0.2) is 0 Å². The standard InChI is InChI=1S/C35H33FN2O4/c1-2-31(34(39)40)38-32-17-15-26(36)19-29(32)30-20-27(16-18-33(30)38)37(35(41)42-22-23-9-4-3-5-10-23)21-25-13-8-12-24-11-6-7-14-28(24)25/h3-15,17,19,27,31H,2,16,18,20-22H2,1H3,(H,39,40)/t27-,31?/m0/s1. The van der Waals surface area contributed by atoms with Crippen molar-refractivity contribution in [1.29, 1.82) is 0 Å². The van der Waals surface area contributed by atoms with Crippen molar-refractivity contribution in [3.63, 3.8) is 0 Å². The summed E-state index contributed by atoms with van der Waals surface area (Å²) in [5.74, 6) is -1.28. The number of carbonyl (C=O) groups is 2. The maximum atomic E-state index is 14.5. The number of aliphatic carboxylic acids is 1. The van der Waals surface area contributed by atoms with Crippen LogP contribution in [0.25, 0.3) is 21.7 Å². The first-order valence-corrected chi connectivity index (χ1v) is 14.4. The van der Waals surface area contributed by atoms with Crippen LogP contribution < -0.4 is 0 Å². The SMILES string of the molecule is CCC(C(=O)O)n1c2c(c3cc(F)ccc31)C[C@@H](N(Cc1cccc3ccccc13)C(=O)OCc1ccccc1)CC2. The van der Waals surface area contributed by atoms with Crippen molar-refractivity contribution in [2.45, 2.75) is 57.8 Å². The zero-order valence-corrected chi connectivity index (χ0v) is 23.5. The number of carbonyl (C=O) groups excluding carboxylic acids is 1. The molecule has 1 heterocycles. The summed E-state index contributed by atoms with van der Waals surface area (Å²) in [6, 6.07) is 27.4. The lowest BCUT2D eigenvalue weighted by atomic mass is 9.90. The van der Waals surface area contributed by atoms with Gasteiger partial charge >= 0.3 is 12.1 Å². The fourth-order valence-corrected chi connectivity index (χ4v) is 6.39. The molecule has 5 aromatic rings. The van der Waals surface area contributed by atoms with Crippen LogP contribution in [0.1, 0.15) is 48.2 Å². The van der Waals surface area contributed by atoms with Gasteiger partial charge in [-0.1, -0.05) is 79.7 Å². The van der Waals surface area contributed by atoms with Gasteiger partial charge in [0.05, 0.1) is 0 Å². The molecule has 0 spiro atoms. The minimum absolute atomic E-state index is 0.158. The summed E-state index contributed by atoms with van der Waals surface area (Å²) in [4.78, 5) is 27.8. The van der Waals surface area contributed by atoms with Gasteiger partial charge in [-0.15, -0.1) is 0 Å². The molecule has 0 radical (unpaired) electrons. The first-order valence-electron chi connectivity index (χ1n) is 14.4. The molecule has 214 valence electrons. The minimum atomic E-state index is -0.911. The third-order valence-electron chi connectivity index (χ3n) is 8.42. The Hall–Kier alpha value is -4.65. The Morgan fingerprint density at radius 1 is 1.00 bits per heavy atom. The zero-order chi connectivity index (χ0) is 29.2. The molecule has 0 saturated heterocycles. The van der Waals surface area contributed by atoms with Crippen LogP contribution in [0, 0.1) is 5.82 Å². The predicted molar refractivity (Wildman–Crippen MR) is 161 cm³/mol. The summed E-state index contributed by atoms with van der Waals surface area (Å²) < 4.78 is 22.3. The van der Waals surface area contributed by atoms with Crippen LogP contribution in [0.3, 0.4) is 0 Å². The molecule has 1 aliphatic rings. The van der Waals surface area contributed by atoms with Crippen LogP contribution in [0.15, 0.2) is 91.0 Å². The maximum absolute atomic E-state index is 14.5. The number of carboxylic acid groups (broad SMARTS) is 1. The highest BCUT2D eigenvalue weighted by Crippen LogP contribution is 2.38. The number of aromatic nitrogens is 1. The topological polar surface area (TPSA) is 71.8 Å². The fraction of sp³-hybridized carbons (Fsp3) is 0.257. The molecule has 0 aliphatic heterocycles. The van der Waals surface area contributed by atoms with Crippen molar-refractivity contribution in [1.82, 2.24) is 9.47 Å². The first-order chi connectivity index (χ1) is 20.4. The molecule has 1 unspecified atom stereocenters. The minimum Gasteiger partial charge on any atom is -0.480 e. The molecular formula is C35H33FN2O4. The number of benzene rings is 4. The van der Waals surface area contributed by atoms with E-state index in [0.717, 1.165) is 33.2 Å². The van der Waals surface area contributed by atoms with E-state index in [9.17, 15) is 19.1 Å². The molecule has 0 saturated carbocycles. The monoisotopic (exact) mass is 564 g/mol. The highest BCUT2D eigenvalue weighted by molar-refractivity contribution is 5.89. The van der Waals surface area contributed by atoms with Crippen molar-refractivity contribution in [2.75, 3.05) is 0 Å². The van der Waals surface area contributed by atoms with E-state index in [1.807, 2.05) is 66.1 Å². The van der Waals surface area contributed by atoms with Crippen molar-refractivity contribution in [2.24, 2.45) is 0 Å². The van der Waals surface area contributed by atoms with Gasteiger partial charge in [0, 0.05) is 29.2 Å². The number of carboxylic acids is 1. The Kier molecular flexibility index (Phi) is 7.66. The Bertz CT molecular complexity index is 1760. The van der Waals surface area contributed by atoms with E-state index in [1.165, 1.54) is 12.1 Å². The molecule has 42 heavy (non-hydrogen) atoms. The molecule has 4 aromatic carbocycles. The number of nitrogens with zero attached hydrogens (tertiary/aromatic N) is 2. The second-order valence-corrected chi connectivity index (χ2v) is 10.9. The summed E-state index contributed by atoms with van der Waals surface area (Å²) in [7, 11) is 0. The van der Waals surface area contributed by atoms with Gasteiger partial charge in [-0.25, -0.2) is 14.0 Å². The second-order valence-electron chi connectivity index (χ2n) is 10.9. The number of ether oxygens (including phenoxy) is 1. The predicted octanol–water partition coefficient (Wildman–Crippen LogP) is 7.67. The Morgan fingerprint density at radius 2 is 1.76 bits per heavy atom. The maximum Gasteiger partial charge on any atom is 0.410 e. The van der Waals surface area contributed by atoms with Crippen LogP contribution in [-0.2, 0) is 35.5 Å². The molecule has 1 aromatic heterocycles. The molecule has 1 amide bonds. The molecule has 6 rings (SSSR count). The van der Waals surface area contributed by atoms with Crippen molar-refractivity contribution in [3.05, 3.63) is 119 Å². The van der Waals surface area contributed by atoms with Crippen LogP contribution >= 0.6 is 0 Å². The summed E-state index contributed by atoms with van der Waals surface area (Å²) in [5, 5.41) is 12.9. The van der Waals surface area contributed by atoms with Gasteiger partial charge in [-0.05, 0) is 71.3 Å². The van der Waals surface area contributed by atoms with Gasteiger partial charge < -0.3 is 19.3 Å². The number of amides is 1. The largest absolute Gasteiger partial charge is 0.480 e. The van der Waals surface area contributed by atoms with Crippen molar-refractivity contribution in [3.8, 4) is 0 Å². The molecule has 1 aliphatic carbocycles. The molecule has 6 nitrogen and oxygen atoms in total. The van der Waals surface area contributed by atoms with E-state index < -0.39 is 18.1 Å².